The van der Waals surface area contributed by atoms with Gasteiger partial charge in [0.1, 0.15) is 5.75 Å². The zero-order valence-electron chi connectivity index (χ0n) is 14.0. The molecule has 0 saturated heterocycles. The molecule has 2 heteroatoms. The second kappa shape index (κ2) is 8.31. The number of hydrogen-bond donors (Lipinski definition) is 1. The van der Waals surface area contributed by atoms with E-state index in [-0.39, 0.29) is 0 Å². The third kappa shape index (κ3) is 4.82. The minimum atomic E-state index is 0.505. The van der Waals surface area contributed by atoms with Gasteiger partial charge in [-0.05, 0) is 49.8 Å². The van der Waals surface area contributed by atoms with E-state index in [2.05, 4.69) is 58.1 Å². The summed E-state index contributed by atoms with van der Waals surface area (Å²) in [6.45, 7) is 12.4. The highest BCUT2D eigenvalue weighted by atomic mass is 16.5. The summed E-state index contributed by atoms with van der Waals surface area (Å²) in [6.07, 6.45) is 2.20. The van der Waals surface area contributed by atoms with E-state index in [1.54, 1.807) is 7.11 Å². The fourth-order valence-electron chi connectivity index (χ4n) is 2.54. The number of rotatable bonds is 8. The third-order valence-electron chi connectivity index (χ3n) is 4.22. The van der Waals surface area contributed by atoms with Crippen molar-refractivity contribution in [3.05, 3.63) is 29.3 Å². The van der Waals surface area contributed by atoms with Crippen molar-refractivity contribution in [1.82, 2.24) is 5.32 Å². The summed E-state index contributed by atoms with van der Waals surface area (Å²) >= 11 is 0. The summed E-state index contributed by atoms with van der Waals surface area (Å²) in [4.78, 5) is 0. The van der Waals surface area contributed by atoms with Crippen LogP contribution in [0.15, 0.2) is 18.2 Å². The predicted octanol–water partition coefficient (Wildman–Crippen LogP) is 4.21. The largest absolute Gasteiger partial charge is 0.496 e. The van der Waals surface area contributed by atoms with E-state index in [4.69, 9.17) is 4.74 Å². The topological polar surface area (TPSA) is 21.3 Å². The van der Waals surface area contributed by atoms with Gasteiger partial charge in [-0.25, -0.2) is 0 Å². The molecule has 20 heavy (non-hydrogen) atoms. The minimum absolute atomic E-state index is 0.505. The molecule has 0 fully saturated rings. The number of hydrogen-bond acceptors (Lipinski definition) is 2. The molecule has 2 unspecified atom stereocenters. The van der Waals surface area contributed by atoms with E-state index in [0.717, 1.165) is 18.7 Å². The lowest BCUT2D eigenvalue weighted by atomic mass is 9.86. The molecule has 0 saturated carbocycles. The molecule has 1 rings (SSSR count). The molecular formula is C18H31NO. The summed E-state index contributed by atoms with van der Waals surface area (Å²) in [5.41, 5.74) is 2.61. The maximum absolute atomic E-state index is 5.52. The average molecular weight is 277 g/mol. The Labute approximate surface area is 124 Å². The second-order valence-corrected chi connectivity index (χ2v) is 6.18. The van der Waals surface area contributed by atoms with Crippen molar-refractivity contribution in [3.63, 3.8) is 0 Å². The van der Waals surface area contributed by atoms with Crippen molar-refractivity contribution in [2.45, 2.75) is 53.5 Å². The van der Waals surface area contributed by atoms with Crippen LogP contribution in [0.4, 0.5) is 0 Å². The molecule has 0 amide bonds. The lowest BCUT2D eigenvalue weighted by Crippen LogP contribution is -2.39. The van der Waals surface area contributed by atoms with Crippen LogP contribution in [0.5, 0.6) is 5.75 Å². The third-order valence-corrected chi connectivity index (χ3v) is 4.22. The second-order valence-electron chi connectivity index (χ2n) is 6.18. The average Bonchev–Trinajstić information content (AvgIpc) is 2.42. The predicted molar refractivity (Wildman–Crippen MR) is 87.5 cm³/mol. The molecule has 0 spiro atoms. The first-order valence-corrected chi connectivity index (χ1v) is 7.86. The summed E-state index contributed by atoms with van der Waals surface area (Å²) in [5.74, 6) is 2.33. The van der Waals surface area contributed by atoms with Gasteiger partial charge in [-0.2, -0.15) is 0 Å². The first-order valence-electron chi connectivity index (χ1n) is 7.86. The SMILES string of the molecule is CCCNC(Cc1cc(C)ccc1OC)C(C)C(C)C. The molecular weight excluding hydrogens is 246 g/mol. The molecule has 0 heterocycles. The van der Waals surface area contributed by atoms with Gasteiger partial charge in [0.2, 0.25) is 0 Å². The molecule has 114 valence electrons. The molecule has 0 radical (unpaired) electrons. The summed E-state index contributed by atoms with van der Waals surface area (Å²) < 4.78 is 5.52. The number of aryl methyl sites for hydroxylation is 1. The van der Waals surface area contributed by atoms with Crippen LogP contribution in [0.1, 0.15) is 45.2 Å². The van der Waals surface area contributed by atoms with Crippen molar-refractivity contribution in [1.29, 1.82) is 0 Å². The lowest BCUT2D eigenvalue weighted by Gasteiger charge is -2.29. The van der Waals surface area contributed by atoms with Crippen LogP contribution in [0.25, 0.3) is 0 Å². The van der Waals surface area contributed by atoms with Crippen LogP contribution in [0.3, 0.4) is 0 Å². The number of benzene rings is 1. The first kappa shape index (κ1) is 17.0. The molecule has 0 aliphatic rings. The normalized spacial score (nSPS) is 14.3. The zero-order chi connectivity index (χ0) is 15.1. The Morgan fingerprint density at radius 3 is 2.45 bits per heavy atom. The number of methoxy groups -OCH3 is 1. The molecule has 1 N–H and O–H groups in total. The molecule has 0 aromatic heterocycles. The molecule has 2 nitrogen and oxygen atoms in total. The van der Waals surface area contributed by atoms with E-state index >= 15 is 0 Å². The van der Waals surface area contributed by atoms with Crippen LogP contribution in [0.2, 0.25) is 0 Å². The van der Waals surface area contributed by atoms with Crippen molar-refractivity contribution in [2.75, 3.05) is 13.7 Å². The van der Waals surface area contributed by atoms with Crippen molar-refractivity contribution >= 4 is 0 Å². The maximum atomic E-state index is 5.52. The minimum Gasteiger partial charge on any atom is -0.496 e. The Morgan fingerprint density at radius 1 is 1.20 bits per heavy atom. The quantitative estimate of drug-likeness (QED) is 0.768. The van der Waals surface area contributed by atoms with Gasteiger partial charge in [-0.3, -0.25) is 0 Å². The van der Waals surface area contributed by atoms with Crippen molar-refractivity contribution in [2.24, 2.45) is 11.8 Å². The Hall–Kier alpha value is -1.02. The fraction of sp³-hybridized carbons (Fsp3) is 0.667. The Kier molecular flexibility index (Phi) is 7.08. The van der Waals surface area contributed by atoms with Gasteiger partial charge in [0.25, 0.3) is 0 Å². The molecule has 0 aliphatic heterocycles. The zero-order valence-corrected chi connectivity index (χ0v) is 14.0. The van der Waals surface area contributed by atoms with Gasteiger partial charge >= 0.3 is 0 Å². The van der Waals surface area contributed by atoms with Crippen molar-refractivity contribution in [3.8, 4) is 5.75 Å². The van der Waals surface area contributed by atoms with Gasteiger partial charge in [0.05, 0.1) is 7.11 Å². The van der Waals surface area contributed by atoms with Crippen LogP contribution in [-0.2, 0) is 6.42 Å². The van der Waals surface area contributed by atoms with Gasteiger partial charge in [0.15, 0.2) is 0 Å². The lowest BCUT2D eigenvalue weighted by molar-refractivity contribution is 0.294. The molecule has 0 bridgehead atoms. The van der Waals surface area contributed by atoms with Crippen LogP contribution in [-0.4, -0.2) is 19.7 Å². The van der Waals surface area contributed by atoms with Crippen LogP contribution >= 0.6 is 0 Å². The van der Waals surface area contributed by atoms with E-state index < -0.39 is 0 Å². The molecule has 2 atom stereocenters. The van der Waals surface area contributed by atoms with Gasteiger partial charge in [-0.1, -0.05) is 45.4 Å². The number of nitrogens with one attached hydrogen (secondary N) is 1. The Balaban J connectivity index is 2.90. The van der Waals surface area contributed by atoms with E-state index in [1.165, 1.54) is 17.5 Å². The van der Waals surface area contributed by atoms with E-state index in [0.29, 0.717) is 17.9 Å². The smallest absolute Gasteiger partial charge is 0.122 e. The fourth-order valence-corrected chi connectivity index (χ4v) is 2.54. The van der Waals surface area contributed by atoms with Crippen LogP contribution < -0.4 is 10.1 Å². The highest BCUT2D eigenvalue weighted by Gasteiger charge is 2.21. The van der Waals surface area contributed by atoms with E-state index in [9.17, 15) is 0 Å². The van der Waals surface area contributed by atoms with Gasteiger partial charge in [-0.15, -0.1) is 0 Å². The summed E-state index contributed by atoms with van der Waals surface area (Å²) in [7, 11) is 1.76. The highest BCUT2D eigenvalue weighted by molar-refractivity contribution is 5.37. The van der Waals surface area contributed by atoms with Gasteiger partial charge in [0, 0.05) is 6.04 Å². The Bertz CT molecular complexity index is 400. The van der Waals surface area contributed by atoms with Crippen molar-refractivity contribution < 1.29 is 4.74 Å². The number of ether oxygens (including phenoxy) is 1. The molecule has 1 aromatic carbocycles. The highest BCUT2D eigenvalue weighted by Crippen LogP contribution is 2.25. The van der Waals surface area contributed by atoms with Gasteiger partial charge < -0.3 is 10.1 Å². The Morgan fingerprint density at radius 2 is 1.90 bits per heavy atom. The summed E-state index contributed by atoms with van der Waals surface area (Å²) in [6, 6.07) is 6.96. The molecule has 1 aromatic rings. The maximum Gasteiger partial charge on any atom is 0.122 e. The first-order chi connectivity index (χ1) is 9.49. The standard InChI is InChI=1S/C18H31NO/c1-7-10-19-17(15(5)13(2)3)12-16-11-14(4)8-9-18(16)20-6/h8-9,11,13,15,17,19H,7,10,12H2,1-6H3. The molecule has 0 aliphatic carbocycles. The van der Waals surface area contributed by atoms with Crippen LogP contribution in [0, 0.1) is 18.8 Å². The monoisotopic (exact) mass is 277 g/mol. The summed E-state index contributed by atoms with van der Waals surface area (Å²) in [5, 5.41) is 3.71. The van der Waals surface area contributed by atoms with E-state index in [1.807, 2.05) is 0 Å².